The standard InChI is InChI=1S/C15H21N5/c1-15(2)5-12(16-3)11-8-17-14(19-13(11)6-15)10-7-18-20(4)9-10/h7-9,12,16H,5-6H2,1-4H3. The predicted octanol–water partition coefficient (Wildman–Crippen LogP) is 2.11. The zero-order valence-corrected chi connectivity index (χ0v) is 12.5. The summed E-state index contributed by atoms with van der Waals surface area (Å²) in [6, 6.07) is 0.344. The number of nitrogens with one attached hydrogen (secondary N) is 1. The van der Waals surface area contributed by atoms with Crippen molar-refractivity contribution in [1.82, 2.24) is 25.1 Å². The van der Waals surface area contributed by atoms with Gasteiger partial charge in [-0.25, -0.2) is 9.97 Å². The van der Waals surface area contributed by atoms with Crippen LogP contribution in [0.3, 0.4) is 0 Å². The lowest BCUT2D eigenvalue weighted by Crippen LogP contribution is -2.32. The summed E-state index contributed by atoms with van der Waals surface area (Å²) in [5.74, 6) is 0.768. The summed E-state index contributed by atoms with van der Waals surface area (Å²) in [7, 11) is 3.91. The van der Waals surface area contributed by atoms with E-state index in [-0.39, 0.29) is 5.41 Å². The summed E-state index contributed by atoms with van der Waals surface area (Å²) in [5.41, 5.74) is 3.63. The molecule has 3 rings (SSSR count). The van der Waals surface area contributed by atoms with Crippen LogP contribution in [-0.4, -0.2) is 26.8 Å². The Morgan fingerprint density at radius 3 is 2.80 bits per heavy atom. The third-order valence-electron chi connectivity index (χ3n) is 3.99. The van der Waals surface area contributed by atoms with Crippen LogP contribution in [0, 0.1) is 5.41 Å². The maximum absolute atomic E-state index is 4.79. The minimum Gasteiger partial charge on any atom is -0.313 e. The Bertz CT molecular complexity index is 629. The minimum absolute atomic E-state index is 0.265. The van der Waals surface area contributed by atoms with Gasteiger partial charge in [0.15, 0.2) is 5.82 Å². The van der Waals surface area contributed by atoms with Gasteiger partial charge in [-0.15, -0.1) is 0 Å². The van der Waals surface area contributed by atoms with Gasteiger partial charge in [-0.3, -0.25) is 4.68 Å². The Labute approximate surface area is 119 Å². The molecule has 0 spiro atoms. The Morgan fingerprint density at radius 2 is 2.15 bits per heavy atom. The van der Waals surface area contributed by atoms with Gasteiger partial charge in [0, 0.05) is 36.7 Å². The van der Waals surface area contributed by atoms with E-state index in [1.54, 1.807) is 4.68 Å². The molecule has 2 aromatic heterocycles. The van der Waals surface area contributed by atoms with E-state index in [0.717, 1.165) is 29.9 Å². The largest absolute Gasteiger partial charge is 0.313 e. The summed E-state index contributed by atoms with van der Waals surface area (Å²) in [6.07, 6.45) is 7.85. The lowest BCUT2D eigenvalue weighted by Gasteiger charge is -2.36. The van der Waals surface area contributed by atoms with Crippen LogP contribution in [0.25, 0.3) is 11.4 Å². The van der Waals surface area contributed by atoms with Gasteiger partial charge >= 0.3 is 0 Å². The maximum atomic E-state index is 4.79. The highest BCUT2D eigenvalue weighted by Crippen LogP contribution is 2.39. The Hall–Kier alpha value is -1.75. The highest BCUT2D eigenvalue weighted by Gasteiger charge is 2.32. The number of rotatable bonds is 2. The first-order valence-corrected chi connectivity index (χ1v) is 7.00. The third kappa shape index (κ3) is 2.33. The Morgan fingerprint density at radius 1 is 1.35 bits per heavy atom. The average Bonchev–Trinajstić information content (AvgIpc) is 2.82. The molecular formula is C15H21N5. The number of nitrogens with zero attached hydrogens (tertiary/aromatic N) is 4. The molecule has 1 aliphatic rings. The van der Waals surface area contributed by atoms with Crippen molar-refractivity contribution < 1.29 is 0 Å². The van der Waals surface area contributed by atoms with Crippen LogP contribution >= 0.6 is 0 Å². The van der Waals surface area contributed by atoms with Crippen molar-refractivity contribution in [1.29, 1.82) is 0 Å². The van der Waals surface area contributed by atoms with Crippen molar-refractivity contribution in [3.05, 3.63) is 29.8 Å². The van der Waals surface area contributed by atoms with Crippen molar-refractivity contribution in [3.63, 3.8) is 0 Å². The molecule has 5 heteroatoms. The van der Waals surface area contributed by atoms with Gasteiger partial charge in [0.05, 0.1) is 11.8 Å². The summed E-state index contributed by atoms with van der Waals surface area (Å²) in [6.45, 7) is 4.60. The molecule has 1 N–H and O–H groups in total. The van der Waals surface area contributed by atoms with Gasteiger partial charge < -0.3 is 5.32 Å². The molecule has 1 unspecified atom stereocenters. The number of hydrogen-bond acceptors (Lipinski definition) is 4. The van der Waals surface area contributed by atoms with E-state index in [2.05, 4.69) is 29.2 Å². The smallest absolute Gasteiger partial charge is 0.162 e. The molecule has 0 aromatic carbocycles. The van der Waals surface area contributed by atoms with Crippen LogP contribution in [0.1, 0.15) is 37.6 Å². The number of fused-ring (bicyclic) bond motifs is 1. The van der Waals surface area contributed by atoms with Gasteiger partial charge in [-0.05, 0) is 25.3 Å². The van der Waals surface area contributed by atoms with E-state index in [1.807, 2.05) is 32.7 Å². The summed E-state index contributed by atoms with van der Waals surface area (Å²) >= 11 is 0. The molecule has 0 fully saturated rings. The number of aryl methyl sites for hydroxylation is 1. The lowest BCUT2D eigenvalue weighted by molar-refractivity contribution is 0.260. The van der Waals surface area contributed by atoms with E-state index in [4.69, 9.17) is 4.98 Å². The summed E-state index contributed by atoms with van der Waals surface area (Å²) in [5, 5.41) is 7.57. The fourth-order valence-corrected chi connectivity index (χ4v) is 2.98. The Balaban J connectivity index is 2.04. The average molecular weight is 271 g/mol. The maximum Gasteiger partial charge on any atom is 0.162 e. The third-order valence-corrected chi connectivity index (χ3v) is 3.99. The Kier molecular flexibility index (Phi) is 3.09. The van der Waals surface area contributed by atoms with Gasteiger partial charge in [-0.2, -0.15) is 5.10 Å². The van der Waals surface area contributed by atoms with E-state index in [1.165, 1.54) is 5.56 Å². The fraction of sp³-hybridized carbons (Fsp3) is 0.533. The highest BCUT2D eigenvalue weighted by molar-refractivity contribution is 5.52. The van der Waals surface area contributed by atoms with E-state index in [9.17, 15) is 0 Å². The van der Waals surface area contributed by atoms with Crippen LogP contribution in [0.4, 0.5) is 0 Å². The molecule has 1 aliphatic carbocycles. The number of hydrogen-bond donors (Lipinski definition) is 1. The molecule has 2 heterocycles. The first kappa shape index (κ1) is 13.2. The van der Waals surface area contributed by atoms with Crippen LogP contribution in [0.15, 0.2) is 18.6 Å². The monoisotopic (exact) mass is 271 g/mol. The second-order valence-corrected chi connectivity index (χ2v) is 6.38. The van der Waals surface area contributed by atoms with Gasteiger partial charge in [0.2, 0.25) is 0 Å². The van der Waals surface area contributed by atoms with Crippen molar-refractivity contribution in [2.24, 2.45) is 12.5 Å². The normalized spacial score (nSPS) is 20.7. The quantitative estimate of drug-likeness (QED) is 0.909. The van der Waals surface area contributed by atoms with Crippen molar-refractivity contribution in [2.75, 3.05) is 7.05 Å². The predicted molar refractivity (Wildman–Crippen MR) is 78.1 cm³/mol. The minimum atomic E-state index is 0.265. The molecule has 20 heavy (non-hydrogen) atoms. The molecule has 0 amide bonds. The molecule has 106 valence electrons. The second kappa shape index (κ2) is 4.66. The first-order valence-electron chi connectivity index (χ1n) is 7.00. The highest BCUT2D eigenvalue weighted by atomic mass is 15.2. The van der Waals surface area contributed by atoms with Crippen LogP contribution in [0.2, 0.25) is 0 Å². The zero-order chi connectivity index (χ0) is 14.3. The summed E-state index contributed by atoms with van der Waals surface area (Å²) in [4.78, 5) is 9.30. The molecule has 0 aliphatic heterocycles. The van der Waals surface area contributed by atoms with Crippen molar-refractivity contribution in [2.45, 2.75) is 32.7 Å². The SMILES string of the molecule is CNC1CC(C)(C)Cc2nc(-c3cnn(C)c3)ncc21. The number of aromatic nitrogens is 4. The van der Waals surface area contributed by atoms with Gasteiger partial charge in [0.25, 0.3) is 0 Å². The van der Waals surface area contributed by atoms with Gasteiger partial charge in [0.1, 0.15) is 0 Å². The molecule has 2 aromatic rings. The zero-order valence-electron chi connectivity index (χ0n) is 12.5. The lowest BCUT2D eigenvalue weighted by atomic mass is 9.74. The molecule has 0 radical (unpaired) electrons. The van der Waals surface area contributed by atoms with Gasteiger partial charge in [-0.1, -0.05) is 13.8 Å². The molecule has 1 atom stereocenters. The van der Waals surface area contributed by atoms with Crippen LogP contribution < -0.4 is 5.32 Å². The van der Waals surface area contributed by atoms with E-state index < -0.39 is 0 Å². The van der Waals surface area contributed by atoms with Crippen molar-refractivity contribution >= 4 is 0 Å². The first-order chi connectivity index (χ1) is 9.48. The van der Waals surface area contributed by atoms with Crippen LogP contribution in [0.5, 0.6) is 0 Å². The van der Waals surface area contributed by atoms with E-state index in [0.29, 0.717) is 6.04 Å². The topological polar surface area (TPSA) is 55.6 Å². The van der Waals surface area contributed by atoms with E-state index >= 15 is 0 Å². The molecule has 0 saturated heterocycles. The molecule has 0 saturated carbocycles. The summed E-state index contributed by atoms with van der Waals surface area (Å²) < 4.78 is 1.78. The molecule has 0 bridgehead atoms. The molecular weight excluding hydrogens is 250 g/mol. The second-order valence-electron chi connectivity index (χ2n) is 6.38. The van der Waals surface area contributed by atoms with Crippen molar-refractivity contribution in [3.8, 4) is 11.4 Å². The molecule has 5 nitrogen and oxygen atoms in total. The fourth-order valence-electron chi connectivity index (χ4n) is 2.98. The van der Waals surface area contributed by atoms with Crippen LogP contribution in [-0.2, 0) is 13.5 Å².